The number of carbonyl (C=O) groups excluding carboxylic acids is 1. The third-order valence-corrected chi connectivity index (χ3v) is 6.19. The van der Waals surface area contributed by atoms with Gasteiger partial charge in [-0.25, -0.2) is 0 Å². The lowest BCUT2D eigenvalue weighted by Crippen LogP contribution is -2.14. The minimum Gasteiger partial charge on any atom is -0.495 e. The van der Waals surface area contributed by atoms with Crippen LogP contribution in [0.15, 0.2) is 77.3 Å². The molecular weight excluding hydrogens is 492 g/mol. The fourth-order valence-corrected chi connectivity index (χ4v) is 4.49. The molecule has 1 heterocycles. The summed E-state index contributed by atoms with van der Waals surface area (Å²) in [6.45, 7) is 0. The van der Waals surface area contributed by atoms with Crippen LogP contribution >= 0.6 is 27.5 Å². The number of hydrogen-bond acceptors (Lipinski definition) is 4. The van der Waals surface area contributed by atoms with E-state index in [-0.39, 0.29) is 5.91 Å². The van der Waals surface area contributed by atoms with Crippen LogP contribution in [-0.2, 0) is 0 Å². The summed E-state index contributed by atoms with van der Waals surface area (Å²) in [5.74, 6) is 0.110. The standard InChI is InChI=1S/C24H16BrClN4O2/c1-32-23-17(11-14-7-5-6-10-16(14)22(23)25)24(31)27-19-13-21-20(12-18(19)26)28-30(29-21)15-8-3-2-4-9-15/h2-13H,1H3,(H,27,31). The molecule has 0 bridgehead atoms. The number of aromatic nitrogens is 3. The summed E-state index contributed by atoms with van der Waals surface area (Å²) in [4.78, 5) is 14.7. The third kappa shape index (κ3) is 3.59. The summed E-state index contributed by atoms with van der Waals surface area (Å²) in [6.07, 6.45) is 0. The first-order valence-corrected chi connectivity index (χ1v) is 10.9. The van der Waals surface area contributed by atoms with Gasteiger partial charge in [-0.15, -0.1) is 10.2 Å². The Morgan fingerprint density at radius 2 is 1.69 bits per heavy atom. The Kier molecular flexibility index (Phi) is 5.28. The lowest BCUT2D eigenvalue weighted by Gasteiger charge is -2.14. The van der Waals surface area contributed by atoms with Gasteiger partial charge in [0.15, 0.2) is 0 Å². The molecule has 158 valence electrons. The van der Waals surface area contributed by atoms with Crippen molar-refractivity contribution in [3.63, 3.8) is 0 Å². The van der Waals surface area contributed by atoms with E-state index < -0.39 is 0 Å². The van der Waals surface area contributed by atoms with E-state index in [0.29, 0.717) is 33.1 Å². The molecule has 0 aliphatic rings. The highest BCUT2D eigenvalue weighted by Gasteiger charge is 2.20. The van der Waals surface area contributed by atoms with E-state index >= 15 is 0 Å². The fourth-order valence-electron chi connectivity index (χ4n) is 3.55. The summed E-state index contributed by atoms with van der Waals surface area (Å²) in [6, 6.07) is 22.5. The lowest BCUT2D eigenvalue weighted by atomic mass is 10.0. The second kappa shape index (κ2) is 8.26. The first-order valence-electron chi connectivity index (χ1n) is 9.74. The number of amides is 1. The van der Waals surface area contributed by atoms with Crippen LogP contribution < -0.4 is 10.1 Å². The first kappa shape index (κ1) is 20.5. The molecule has 0 radical (unpaired) electrons. The van der Waals surface area contributed by atoms with Crippen molar-refractivity contribution in [3.8, 4) is 11.4 Å². The van der Waals surface area contributed by atoms with Gasteiger partial charge in [-0.1, -0.05) is 54.1 Å². The van der Waals surface area contributed by atoms with Crippen molar-refractivity contribution in [2.75, 3.05) is 12.4 Å². The van der Waals surface area contributed by atoms with Crippen LogP contribution in [0.5, 0.6) is 5.75 Å². The summed E-state index contributed by atoms with van der Waals surface area (Å²) in [7, 11) is 1.53. The van der Waals surface area contributed by atoms with Gasteiger partial charge in [0.1, 0.15) is 16.8 Å². The van der Waals surface area contributed by atoms with Crippen molar-refractivity contribution < 1.29 is 9.53 Å². The molecule has 0 aliphatic carbocycles. The Morgan fingerprint density at radius 3 is 2.44 bits per heavy atom. The zero-order chi connectivity index (χ0) is 22.2. The molecule has 8 heteroatoms. The van der Waals surface area contributed by atoms with Gasteiger partial charge in [0.2, 0.25) is 0 Å². The van der Waals surface area contributed by atoms with Crippen LogP contribution in [0.25, 0.3) is 27.5 Å². The Labute approximate surface area is 196 Å². The monoisotopic (exact) mass is 506 g/mol. The first-order chi connectivity index (χ1) is 15.5. The molecule has 6 nitrogen and oxygen atoms in total. The van der Waals surface area contributed by atoms with Crippen LogP contribution in [0.2, 0.25) is 5.02 Å². The molecule has 1 N–H and O–H groups in total. The Bertz CT molecular complexity index is 1480. The van der Waals surface area contributed by atoms with E-state index in [1.165, 1.54) is 11.9 Å². The Hall–Kier alpha value is -3.42. The van der Waals surface area contributed by atoms with E-state index in [9.17, 15) is 4.79 Å². The van der Waals surface area contributed by atoms with Crippen LogP contribution in [0.4, 0.5) is 5.69 Å². The number of rotatable bonds is 4. The largest absolute Gasteiger partial charge is 0.495 e. The van der Waals surface area contributed by atoms with E-state index in [2.05, 4.69) is 31.4 Å². The number of nitrogens with zero attached hydrogens (tertiary/aromatic N) is 3. The number of hydrogen-bond donors (Lipinski definition) is 1. The molecular formula is C24H16BrClN4O2. The number of benzene rings is 4. The highest BCUT2D eigenvalue weighted by atomic mass is 79.9. The number of fused-ring (bicyclic) bond motifs is 2. The fraction of sp³-hybridized carbons (Fsp3) is 0.0417. The molecule has 5 rings (SSSR count). The van der Waals surface area contributed by atoms with E-state index in [1.54, 1.807) is 18.2 Å². The lowest BCUT2D eigenvalue weighted by molar-refractivity contribution is 0.102. The highest BCUT2D eigenvalue weighted by molar-refractivity contribution is 9.10. The highest BCUT2D eigenvalue weighted by Crippen LogP contribution is 2.37. The van der Waals surface area contributed by atoms with Gasteiger partial charge < -0.3 is 10.1 Å². The molecule has 0 unspecified atom stereocenters. The maximum atomic E-state index is 13.2. The number of nitrogens with one attached hydrogen (secondary N) is 1. The Morgan fingerprint density at radius 1 is 1.00 bits per heavy atom. The van der Waals surface area contributed by atoms with Crippen molar-refractivity contribution in [1.29, 1.82) is 0 Å². The molecule has 4 aromatic carbocycles. The Balaban J connectivity index is 1.53. The number of para-hydroxylation sites is 1. The quantitative estimate of drug-likeness (QED) is 0.312. The molecule has 0 saturated heterocycles. The predicted molar refractivity (Wildman–Crippen MR) is 130 cm³/mol. The average Bonchev–Trinajstić information content (AvgIpc) is 3.22. The molecule has 0 saturated carbocycles. The van der Waals surface area contributed by atoms with Gasteiger partial charge in [-0.2, -0.15) is 4.80 Å². The van der Waals surface area contributed by atoms with Crippen molar-refractivity contribution in [3.05, 3.63) is 87.9 Å². The number of halogens is 2. The molecule has 1 aromatic heterocycles. The topological polar surface area (TPSA) is 69.0 Å². The molecule has 1 amide bonds. The van der Waals surface area contributed by atoms with Crippen molar-refractivity contribution in [2.24, 2.45) is 0 Å². The predicted octanol–water partition coefficient (Wildman–Crippen LogP) is 6.25. The smallest absolute Gasteiger partial charge is 0.259 e. The maximum Gasteiger partial charge on any atom is 0.259 e. The normalized spacial score (nSPS) is 11.1. The molecule has 0 fully saturated rings. The molecule has 32 heavy (non-hydrogen) atoms. The zero-order valence-electron chi connectivity index (χ0n) is 16.8. The van der Waals surface area contributed by atoms with E-state index in [1.807, 2.05) is 54.6 Å². The minimum absolute atomic E-state index is 0.343. The minimum atomic E-state index is -0.343. The second-order valence-electron chi connectivity index (χ2n) is 7.09. The van der Waals surface area contributed by atoms with E-state index in [4.69, 9.17) is 16.3 Å². The van der Waals surface area contributed by atoms with Crippen LogP contribution in [-0.4, -0.2) is 28.0 Å². The molecule has 0 atom stereocenters. The van der Waals surface area contributed by atoms with Crippen molar-refractivity contribution in [2.45, 2.75) is 0 Å². The number of ether oxygens (including phenoxy) is 1. The molecule has 0 aliphatic heterocycles. The molecule has 0 spiro atoms. The average molecular weight is 508 g/mol. The van der Waals surface area contributed by atoms with Crippen LogP contribution in [0.3, 0.4) is 0 Å². The SMILES string of the molecule is COc1c(C(=O)Nc2cc3nn(-c4ccccc4)nc3cc2Cl)cc2ccccc2c1Br. The van der Waals surface area contributed by atoms with Gasteiger partial charge in [0, 0.05) is 0 Å². The zero-order valence-corrected chi connectivity index (χ0v) is 19.2. The van der Waals surface area contributed by atoms with Crippen LogP contribution in [0, 0.1) is 0 Å². The van der Waals surface area contributed by atoms with Gasteiger partial charge in [-0.3, -0.25) is 4.79 Å². The maximum absolute atomic E-state index is 13.2. The number of methoxy groups -OCH3 is 1. The molecule has 5 aromatic rings. The van der Waals surface area contributed by atoms with Gasteiger partial charge in [0.25, 0.3) is 5.91 Å². The number of anilines is 1. The van der Waals surface area contributed by atoms with Gasteiger partial charge in [-0.05, 0) is 57.0 Å². The van der Waals surface area contributed by atoms with Crippen molar-refractivity contribution in [1.82, 2.24) is 15.0 Å². The van der Waals surface area contributed by atoms with Gasteiger partial charge in [0.05, 0.1) is 33.5 Å². The van der Waals surface area contributed by atoms with Crippen LogP contribution in [0.1, 0.15) is 10.4 Å². The summed E-state index contributed by atoms with van der Waals surface area (Å²) < 4.78 is 6.25. The number of carbonyl (C=O) groups is 1. The van der Waals surface area contributed by atoms with E-state index in [0.717, 1.165) is 20.9 Å². The third-order valence-electron chi connectivity index (χ3n) is 5.09. The summed E-state index contributed by atoms with van der Waals surface area (Å²) in [5, 5.41) is 14.1. The van der Waals surface area contributed by atoms with Gasteiger partial charge >= 0.3 is 0 Å². The second-order valence-corrected chi connectivity index (χ2v) is 8.29. The summed E-state index contributed by atoms with van der Waals surface area (Å²) >= 11 is 10.0. The van der Waals surface area contributed by atoms with Crippen molar-refractivity contribution >= 4 is 60.9 Å². The summed E-state index contributed by atoms with van der Waals surface area (Å²) in [5.41, 5.74) is 2.90.